The molecule has 0 fully saturated rings. The van der Waals surface area contributed by atoms with Gasteiger partial charge in [0.1, 0.15) is 13.2 Å². The molecule has 0 radical (unpaired) electrons. The number of likely N-dealkylation sites (N-methyl/N-ethyl adjacent to an activating group) is 1. The molecule has 0 aromatic rings. The minimum atomic E-state index is -1.64. The molecule has 0 aromatic carbocycles. The quantitative estimate of drug-likeness (QED) is 0.0195. The van der Waals surface area contributed by atoms with Gasteiger partial charge in [0.15, 0.2) is 12.4 Å². The van der Waals surface area contributed by atoms with Gasteiger partial charge in [-0.15, -0.1) is 0 Å². The number of aliphatic carboxylic acids is 1. The molecule has 0 spiro atoms. The summed E-state index contributed by atoms with van der Waals surface area (Å²) < 4.78 is 22.8. The van der Waals surface area contributed by atoms with Crippen LogP contribution in [0, 0.1) is 0 Å². The maximum Gasteiger partial charge on any atom is 0.306 e. The van der Waals surface area contributed by atoms with Crippen LogP contribution in [0.25, 0.3) is 0 Å². The van der Waals surface area contributed by atoms with Gasteiger partial charge in [0.25, 0.3) is 0 Å². The lowest BCUT2D eigenvalue weighted by Crippen LogP contribution is -2.44. The highest BCUT2D eigenvalue weighted by Gasteiger charge is 2.22. The van der Waals surface area contributed by atoms with Gasteiger partial charge < -0.3 is 33.3 Å². The van der Waals surface area contributed by atoms with Crippen LogP contribution in [0.2, 0.25) is 0 Å². The van der Waals surface area contributed by atoms with Crippen LogP contribution in [-0.2, 0) is 33.3 Å². The molecule has 570 valence electrons. The van der Waals surface area contributed by atoms with Crippen molar-refractivity contribution in [3.63, 3.8) is 0 Å². The largest absolute Gasteiger partial charge is 0.545 e. The summed E-state index contributed by atoms with van der Waals surface area (Å²) in [5, 5.41) is 11.9. The number of carboxylic acid groups (broad SMARTS) is 1. The van der Waals surface area contributed by atoms with E-state index in [0.29, 0.717) is 17.4 Å². The third-order valence-corrected chi connectivity index (χ3v) is 16.8. The molecule has 0 aliphatic heterocycles. The van der Waals surface area contributed by atoms with E-state index in [-0.39, 0.29) is 38.6 Å². The number of hydrogen-bond donors (Lipinski definition) is 0. The van der Waals surface area contributed by atoms with Gasteiger partial charge in [0.05, 0.1) is 40.3 Å². The number of nitrogens with zero attached hydrogens (tertiary/aromatic N) is 1. The zero-order chi connectivity index (χ0) is 73.2. The van der Waals surface area contributed by atoms with Crippen LogP contribution in [0.3, 0.4) is 0 Å². The topological polar surface area (TPSA) is 111 Å². The second kappa shape index (κ2) is 79.8. The van der Waals surface area contributed by atoms with Gasteiger partial charge in [-0.3, -0.25) is 9.59 Å². The van der Waals surface area contributed by atoms with Gasteiger partial charge in [-0.2, -0.15) is 0 Å². The first-order valence-electron chi connectivity index (χ1n) is 40.6. The van der Waals surface area contributed by atoms with Crippen LogP contribution in [0.5, 0.6) is 0 Å². The minimum absolute atomic E-state index is 0.138. The smallest absolute Gasteiger partial charge is 0.306 e. The van der Waals surface area contributed by atoms with Crippen molar-refractivity contribution in [1.82, 2.24) is 0 Å². The average molecular weight is 1400 g/mol. The lowest BCUT2D eigenvalue weighted by atomic mass is 10.0. The number of ether oxygens (including phenoxy) is 4. The molecule has 9 nitrogen and oxygen atoms in total. The summed E-state index contributed by atoms with van der Waals surface area (Å²) in [5.74, 6) is -2.30. The van der Waals surface area contributed by atoms with Crippen LogP contribution in [0.4, 0.5) is 0 Å². The maximum absolute atomic E-state index is 13.0. The normalized spacial score (nSPS) is 13.7. The SMILES string of the molecule is CC/C=C\C/C=C\C/C=C\C/C=C\C/C=C\C/C=C\C/C=C\C/C=C\C/C=C\C/C=C\CCCCCCCCCCC(=O)OC(COC(=O)CCCCCCCCCCCCCCCCCCCC/C=C\C/C=C\C/C=C\C/C=C\C/C=C\C/C=C\CC)COC(OCC[N+](C)(C)C)C(=O)[O-]. The number of carbonyl (C=O) groups excluding carboxylic acids is 3. The second-order valence-corrected chi connectivity index (χ2v) is 27.6. The number of esters is 2. The van der Waals surface area contributed by atoms with E-state index in [9.17, 15) is 19.5 Å². The lowest BCUT2D eigenvalue weighted by molar-refractivity contribution is -0.870. The molecule has 9 heteroatoms. The molecule has 0 rings (SSSR count). The molecule has 0 aliphatic carbocycles. The van der Waals surface area contributed by atoms with Gasteiger partial charge in [0.2, 0.25) is 0 Å². The Morgan fingerprint density at radius 1 is 0.297 bits per heavy atom. The van der Waals surface area contributed by atoms with Gasteiger partial charge in [0, 0.05) is 12.8 Å². The predicted molar refractivity (Wildman–Crippen MR) is 434 cm³/mol. The van der Waals surface area contributed by atoms with Gasteiger partial charge in [-0.25, -0.2) is 0 Å². The Hall–Kier alpha value is -5.87. The van der Waals surface area contributed by atoms with Crippen LogP contribution < -0.4 is 5.11 Å². The molecule has 0 aromatic heterocycles. The number of quaternary nitrogens is 1. The van der Waals surface area contributed by atoms with E-state index >= 15 is 0 Å². The van der Waals surface area contributed by atoms with Crippen molar-refractivity contribution in [3.05, 3.63) is 194 Å². The summed E-state index contributed by atoms with van der Waals surface area (Å²) in [6.07, 6.45) is 120. The third kappa shape index (κ3) is 81.3. The number of allylic oxidation sites excluding steroid dienone is 32. The monoisotopic (exact) mass is 1400 g/mol. The Morgan fingerprint density at radius 2 is 0.535 bits per heavy atom. The van der Waals surface area contributed by atoms with E-state index in [2.05, 4.69) is 208 Å². The Bertz CT molecular complexity index is 2380. The molecule has 0 heterocycles. The summed E-state index contributed by atoms with van der Waals surface area (Å²) in [7, 11) is 5.93. The molecule has 0 saturated carbocycles. The standard InChI is InChI=1S/C92H149NO8/c1-6-8-10-12-14-16-18-20-22-24-26-28-30-32-34-36-38-40-42-44-45-47-49-51-53-55-57-59-61-63-65-67-69-71-73-75-77-79-81-83-90(95)101-88(87-100-92(91(96)97)98-85-84-93(3,4)5)86-99-89(94)82-80-78-76-74-72-70-68-66-64-62-60-58-56-54-52-50-48-46-43-41-39-37-35-33-31-29-27-25-23-21-19-17-15-13-11-9-7-2/h8-11,14-17,20-23,26-29,32-35,38-41,44-45,49,51,55,57,61,63,88,92H,6-7,12-13,18-19,24-25,30-31,36-37,42-43,46-48,50,52-54,56,58-60,62,64-87H2,1-5H3/b10-8-,11-9-,16-14-,17-15-,22-20-,23-21-,28-26-,29-27-,34-32-,35-33-,40-38-,41-39-,45-44-,51-49-,57-55-,63-61-. The van der Waals surface area contributed by atoms with Crippen molar-refractivity contribution < 1.29 is 42.9 Å². The van der Waals surface area contributed by atoms with Gasteiger partial charge >= 0.3 is 11.9 Å². The summed E-state index contributed by atoms with van der Waals surface area (Å²) in [4.78, 5) is 37.6. The fraction of sp³-hybridized carbons (Fsp3) is 0.620. The average Bonchev–Trinajstić information content (AvgIpc) is 1.21. The fourth-order valence-corrected chi connectivity index (χ4v) is 10.7. The number of unbranched alkanes of at least 4 members (excludes halogenated alkanes) is 26. The van der Waals surface area contributed by atoms with Crippen molar-refractivity contribution in [2.45, 2.75) is 322 Å². The fourth-order valence-electron chi connectivity index (χ4n) is 10.7. The first-order valence-corrected chi connectivity index (χ1v) is 40.6. The third-order valence-electron chi connectivity index (χ3n) is 16.8. The zero-order valence-electron chi connectivity index (χ0n) is 65.2. The van der Waals surface area contributed by atoms with Crippen molar-refractivity contribution in [1.29, 1.82) is 0 Å². The molecule has 0 N–H and O–H groups in total. The van der Waals surface area contributed by atoms with E-state index < -0.39 is 24.3 Å². The first-order chi connectivity index (χ1) is 49.6. The molecule has 0 aliphatic rings. The van der Waals surface area contributed by atoms with E-state index in [1.165, 1.54) is 128 Å². The van der Waals surface area contributed by atoms with Gasteiger partial charge in [-0.1, -0.05) is 350 Å². The van der Waals surface area contributed by atoms with Crippen molar-refractivity contribution >= 4 is 17.9 Å². The van der Waals surface area contributed by atoms with Crippen molar-refractivity contribution in [2.75, 3.05) is 47.5 Å². The molecular weight excluding hydrogens is 1250 g/mol. The van der Waals surface area contributed by atoms with Gasteiger partial charge in [-0.05, 0) is 141 Å². The first kappa shape index (κ1) is 95.1. The van der Waals surface area contributed by atoms with Crippen molar-refractivity contribution in [2.24, 2.45) is 0 Å². The second-order valence-electron chi connectivity index (χ2n) is 27.6. The van der Waals surface area contributed by atoms with Crippen LogP contribution in [-0.4, -0.2) is 82.3 Å². The highest BCUT2D eigenvalue weighted by atomic mass is 16.7. The number of hydrogen-bond acceptors (Lipinski definition) is 8. The molecular formula is C92H149NO8. The van der Waals surface area contributed by atoms with E-state index in [1.54, 1.807) is 0 Å². The van der Waals surface area contributed by atoms with Crippen LogP contribution in [0.1, 0.15) is 309 Å². The molecule has 0 saturated heterocycles. The highest BCUT2D eigenvalue weighted by Crippen LogP contribution is 2.17. The van der Waals surface area contributed by atoms with E-state index in [1.807, 2.05) is 21.1 Å². The predicted octanol–water partition coefficient (Wildman–Crippen LogP) is 25.1. The number of carboxylic acids is 1. The van der Waals surface area contributed by atoms with E-state index in [4.69, 9.17) is 18.9 Å². The molecule has 101 heavy (non-hydrogen) atoms. The van der Waals surface area contributed by atoms with Crippen LogP contribution in [0.15, 0.2) is 194 Å². The summed E-state index contributed by atoms with van der Waals surface area (Å²) in [6, 6.07) is 0. The highest BCUT2D eigenvalue weighted by molar-refractivity contribution is 5.70. The Balaban J connectivity index is 4.11. The molecule has 0 amide bonds. The Morgan fingerprint density at radius 3 is 0.792 bits per heavy atom. The van der Waals surface area contributed by atoms with Crippen LogP contribution >= 0.6 is 0 Å². The summed E-state index contributed by atoms with van der Waals surface area (Å²) in [5.41, 5.74) is 0. The molecule has 2 atom stereocenters. The molecule has 0 bridgehead atoms. The lowest BCUT2D eigenvalue weighted by Gasteiger charge is -2.26. The summed E-state index contributed by atoms with van der Waals surface area (Å²) in [6.45, 7) is 4.51. The Kier molecular flexibility index (Phi) is 75.2. The zero-order valence-corrected chi connectivity index (χ0v) is 65.2. The number of carbonyl (C=O) groups is 3. The minimum Gasteiger partial charge on any atom is -0.545 e. The molecule has 2 unspecified atom stereocenters. The van der Waals surface area contributed by atoms with E-state index in [0.717, 1.165) is 148 Å². The number of rotatable bonds is 73. The summed E-state index contributed by atoms with van der Waals surface area (Å²) >= 11 is 0. The maximum atomic E-state index is 13.0. The Labute approximate surface area is 621 Å². The van der Waals surface area contributed by atoms with Crippen molar-refractivity contribution in [3.8, 4) is 0 Å².